The van der Waals surface area contributed by atoms with E-state index < -0.39 is 5.97 Å². The first-order valence-electron chi connectivity index (χ1n) is 8.70. The number of esters is 1. The van der Waals surface area contributed by atoms with Crippen molar-refractivity contribution in [3.05, 3.63) is 45.4 Å². The molecule has 3 rings (SSSR count). The fourth-order valence-corrected chi connectivity index (χ4v) is 4.05. The van der Waals surface area contributed by atoms with E-state index in [9.17, 15) is 9.59 Å². The van der Waals surface area contributed by atoms with E-state index in [1.807, 2.05) is 31.4 Å². The number of thiophene rings is 1. The van der Waals surface area contributed by atoms with Gasteiger partial charge in [-0.25, -0.2) is 4.79 Å². The van der Waals surface area contributed by atoms with Gasteiger partial charge in [-0.3, -0.25) is 4.79 Å². The SMILES string of the molecule is Cc1cc(C(=O)OCC(=O)NC2CCCC2)c(C)n1Cc1cccs1. The molecule has 1 aliphatic carbocycles. The molecule has 1 saturated carbocycles. The number of nitrogens with one attached hydrogen (secondary N) is 1. The predicted molar refractivity (Wildman–Crippen MR) is 98.0 cm³/mol. The van der Waals surface area contributed by atoms with E-state index in [0.29, 0.717) is 5.56 Å². The van der Waals surface area contributed by atoms with Crippen molar-refractivity contribution in [2.45, 2.75) is 52.1 Å². The Morgan fingerprint density at radius 1 is 1.32 bits per heavy atom. The largest absolute Gasteiger partial charge is 0.452 e. The van der Waals surface area contributed by atoms with Crippen LogP contribution >= 0.6 is 11.3 Å². The lowest BCUT2D eigenvalue weighted by Gasteiger charge is -2.12. The monoisotopic (exact) mass is 360 g/mol. The quantitative estimate of drug-likeness (QED) is 0.803. The third kappa shape index (κ3) is 4.31. The number of hydrogen-bond acceptors (Lipinski definition) is 4. The summed E-state index contributed by atoms with van der Waals surface area (Å²) in [4.78, 5) is 25.5. The molecule has 134 valence electrons. The van der Waals surface area contributed by atoms with Crippen molar-refractivity contribution in [3.63, 3.8) is 0 Å². The molecule has 6 heteroatoms. The molecule has 2 aromatic heterocycles. The van der Waals surface area contributed by atoms with Gasteiger partial charge in [0.15, 0.2) is 6.61 Å². The van der Waals surface area contributed by atoms with E-state index in [1.54, 1.807) is 11.3 Å². The molecular formula is C19H24N2O3S. The van der Waals surface area contributed by atoms with Gasteiger partial charge in [-0.1, -0.05) is 18.9 Å². The molecule has 0 aliphatic heterocycles. The molecule has 25 heavy (non-hydrogen) atoms. The minimum Gasteiger partial charge on any atom is -0.452 e. The van der Waals surface area contributed by atoms with Crippen LogP contribution in [-0.4, -0.2) is 29.1 Å². The van der Waals surface area contributed by atoms with Crippen molar-refractivity contribution in [3.8, 4) is 0 Å². The number of carbonyl (C=O) groups is 2. The summed E-state index contributed by atoms with van der Waals surface area (Å²) in [5, 5.41) is 4.97. The van der Waals surface area contributed by atoms with Crippen LogP contribution in [-0.2, 0) is 16.1 Å². The van der Waals surface area contributed by atoms with Gasteiger partial charge in [0.1, 0.15) is 0 Å². The fraction of sp³-hybridized carbons (Fsp3) is 0.474. The van der Waals surface area contributed by atoms with Crippen molar-refractivity contribution < 1.29 is 14.3 Å². The second-order valence-corrected chi connectivity index (χ2v) is 7.61. The molecule has 2 aromatic rings. The van der Waals surface area contributed by atoms with Crippen LogP contribution in [0.4, 0.5) is 0 Å². The number of rotatable bonds is 6. The van der Waals surface area contributed by atoms with Crippen LogP contribution in [0.1, 0.15) is 52.3 Å². The van der Waals surface area contributed by atoms with Crippen molar-refractivity contribution >= 4 is 23.2 Å². The van der Waals surface area contributed by atoms with Crippen molar-refractivity contribution in [1.29, 1.82) is 0 Å². The number of aromatic nitrogens is 1. The van der Waals surface area contributed by atoms with Gasteiger partial charge in [0.25, 0.3) is 5.91 Å². The zero-order valence-electron chi connectivity index (χ0n) is 14.7. The summed E-state index contributed by atoms with van der Waals surface area (Å²) >= 11 is 1.69. The standard InChI is InChI=1S/C19H24N2O3S/c1-13-10-17(14(2)21(13)11-16-8-5-9-25-16)19(23)24-12-18(22)20-15-6-3-4-7-15/h5,8-10,15H,3-4,6-7,11-12H2,1-2H3,(H,20,22). The lowest BCUT2D eigenvalue weighted by Crippen LogP contribution is -2.35. The Bertz CT molecular complexity index is 743. The summed E-state index contributed by atoms with van der Waals surface area (Å²) < 4.78 is 7.32. The minimum atomic E-state index is -0.438. The molecule has 0 atom stereocenters. The lowest BCUT2D eigenvalue weighted by molar-refractivity contribution is -0.124. The highest BCUT2D eigenvalue weighted by Gasteiger charge is 2.20. The van der Waals surface area contributed by atoms with Crippen LogP contribution in [0.3, 0.4) is 0 Å². The Morgan fingerprint density at radius 3 is 2.76 bits per heavy atom. The number of hydrogen-bond donors (Lipinski definition) is 1. The Balaban J connectivity index is 1.59. The van der Waals surface area contributed by atoms with Crippen LogP contribution in [0.5, 0.6) is 0 Å². The number of nitrogens with zero attached hydrogens (tertiary/aromatic N) is 1. The summed E-state index contributed by atoms with van der Waals surface area (Å²) in [6, 6.07) is 6.17. The molecule has 0 unspecified atom stereocenters. The van der Waals surface area contributed by atoms with E-state index in [1.165, 1.54) is 4.88 Å². The Labute approximate surface area is 152 Å². The van der Waals surface area contributed by atoms with Gasteiger partial charge in [0, 0.05) is 22.3 Å². The predicted octanol–water partition coefficient (Wildman–Crippen LogP) is 3.43. The topological polar surface area (TPSA) is 60.3 Å². The van der Waals surface area contributed by atoms with Gasteiger partial charge in [0.2, 0.25) is 0 Å². The first-order chi connectivity index (χ1) is 12.0. The zero-order valence-corrected chi connectivity index (χ0v) is 15.5. The van der Waals surface area contributed by atoms with Crippen LogP contribution in [0.25, 0.3) is 0 Å². The number of ether oxygens (including phenoxy) is 1. The van der Waals surface area contributed by atoms with Gasteiger partial charge in [-0.2, -0.15) is 0 Å². The molecular weight excluding hydrogens is 336 g/mol. The highest BCUT2D eigenvalue weighted by molar-refractivity contribution is 7.09. The maximum Gasteiger partial charge on any atom is 0.340 e. The molecule has 2 heterocycles. The van der Waals surface area contributed by atoms with Crippen LogP contribution < -0.4 is 5.32 Å². The molecule has 1 N–H and O–H groups in total. The van der Waals surface area contributed by atoms with Gasteiger partial charge in [0.05, 0.1) is 12.1 Å². The molecule has 0 aromatic carbocycles. The van der Waals surface area contributed by atoms with Crippen LogP contribution in [0.2, 0.25) is 0 Å². The average Bonchev–Trinajstić information content (AvgIpc) is 3.32. The van der Waals surface area contributed by atoms with E-state index >= 15 is 0 Å². The Morgan fingerprint density at radius 2 is 2.08 bits per heavy atom. The van der Waals surface area contributed by atoms with Crippen molar-refractivity contribution in [1.82, 2.24) is 9.88 Å². The number of aryl methyl sites for hydroxylation is 1. The Hall–Kier alpha value is -2.08. The molecule has 1 fully saturated rings. The normalized spacial score (nSPS) is 14.6. The first-order valence-corrected chi connectivity index (χ1v) is 9.58. The molecule has 0 spiro atoms. The second kappa shape index (κ2) is 7.87. The summed E-state index contributed by atoms with van der Waals surface area (Å²) in [6.45, 7) is 4.41. The molecule has 0 saturated heterocycles. The zero-order chi connectivity index (χ0) is 17.8. The average molecular weight is 360 g/mol. The highest BCUT2D eigenvalue weighted by Crippen LogP contribution is 2.20. The van der Waals surface area contributed by atoms with Gasteiger partial charge in [-0.15, -0.1) is 11.3 Å². The third-order valence-electron chi connectivity index (χ3n) is 4.74. The van der Waals surface area contributed by atoms with Crippen LogP contribution in [0.15, 0.2) is 23.6 Å². The van der Waals surface area contributed by atoms with E-state index in [2.05, 4.69) is 16.0 Å². The van der Waals surface area contributed by atoms with Crippen molar-refractivity contribution in [2.24, 2.45) is 0 Å². The summed E-state index contributed by atoms with van der Waals surface area (Å²) in [6.07, 6.45) is 4.34. The smallest absolute Gasteiger partial charge is 0.340 e. The molecule has 5 nitrogen and oxygen atoms in total. The fourth-order valence-electron chi connectivity index (χ4n) is 3.36. The summed E-state index contributed by atoms with van der Waals surface area (Å²) in [7, 11) is 0. The Kier molecular flexibility index (Phi) is 5.58. The van der Waals surface area contributed by atoms with E-state index in [-0.39, 0.29) is 18.6 Å². The highest BCUT2D eigenvalue weighted by atomic mass is 32.1. The molecule has 0 bridgehead atoms. The second-order valence-electron chi connectivity index (χ2n) is 6.58. The maximum absolute atomic E-state index is 12.4. The summed E-state index contributed by atoms with van der Waals surface area (Å²) in [5.74, 6) is -0.653. The van der Waals surface area contributed by atoms with Crippen LogP contribution in [0, 0.1) is 13.8 Å². The minimum absolute atomic E-state index is 0.215. The van der Waals surface area contributed by atoms with Gasteiger partial charge < -0.3 is 14.6 Å². The first kappa shape index (κ1) is 17.7. The van der Waals surface area contributed by atoms with E-state index in [4.69, 9.17) is 4.74 Å². The van der Waals surface area contributed by atoms with Gasteiger partial charge in [-0.05, 0) is 44.2 Å². The molecule has 1 aliphatic rings. The summed E-state index contributed by atoms with van der Waals surface area (Å²) in [5.41, 5.74) is 2.41. The molecule has 1 amide bonds. The van der Waals surface area contributed by atoms with Gasteiger partial charge >= 0.3 is 5.97 Å². The van der Waals surface area contributed by atoms with E-state index in [0.717, 1.165) is 43.6 Å². The van der Waals surface area contributed by atoms with Crippen molar-refractivity contribution in [2.75, 3.05) is 6.61 Å². The third-order valence-corrected chi connectivity index (χ3v) is 5.60. The maximum atomic E-state index is 12.4. The number of carbonyl (C=O) groups excluding carboxylic acids is 2. The lowest BCUT2D eigenvalue weighted by atomic mass is 10.2. The molecule has 0 radical (unpaired) electrons. The number of amides is 1.